The molecule has 0 aliphatic heterocycles. The van der Waals surface area contributed by atoms with Crippen molar-refractivity contribution in [2.24, 2.45) is 11.5 Å². The number of benzene rings is 2. The van der Waals surface area contributed by atoms with Crippen LogP contribution in [0.4, 0.5) is 0 Å². The normalized spacial score (nSPS) is 13.2. The average molecular weight is 511 g/mol. The number of allylic oxidation sites excluding steroid dienone is 3. The second-order valence-corrected chi connectivity index (χ2v) is 7.78. The highest BCUT2D eigenvalue weighted by Gasteiger charge is 2.15. The number of aliphatic hydroxyl groups excluding tert-OH is 1. The summed E-state index contributed by atoms with van der Waals surface area (Å²) in [6.45, 7) is 3.05. The van der Waals surface area contributed by atoms with Crippen molar-refractivity contribution in [3.63, 3.8) is 0 Å². The highest BCUT2D eigenvalue weighted by Crippen LogP contribution is 2.30. The minimum atomic E-state index is -0.837. The number of ether oxygens (including phenoxy) is 4. The number of carbonyl (C=O) groups is 3. The number of carbonyl (C=O) groups excluding carboxylic acids is 3. The number of amides is 2. The highest BCUT2D eigenvalue weighted by atomic mass is 16.5. The molecule has 10 heteroatoms. The summed E-state index contributed by atoms with van der Waals surface area (Å²) in [5, 5.41) is 10.1. The lowest BCUT2D eigenvalue weighted by Gasteiger charge is -2.14. The number of methoxy groups -OCH3 is 2. The monoisotopic (exact) mass is 510 g/mol. The van der Waals surface area contributed by atoms with Crippen LogP contribution in [-0.4, -0.2) is 49.1 Å². The van der Waals surface area contributed by atoms with Crippen molar-refractivity contribution in [1.82, 2.24) is 0 Å². The average Bonchev–Trinajstić information content (AvgIpc) is 2.87. The van der Waals surface area contributed by atoms with Crippen molar-refractivity contribution < 1.29 is 38.4 Å². The summed E-state index contributed by atoms with van der Waals surface area (Å²) < 4.78 is 21.5. The van der Waals surface area contributed by atoms with E-state index in [1.54, 1.807) is 42.5 Å². The zero-order valence-corrected chi connectivity index (χ0v) is 21.0. The van der Waals surface area contributed by atoms with Gasteiger partial charge in [-0.1, -0.05) is 24.3 Å². The van der Waals surface area contributed by atoms with Gasteiger partial charge in [-0.3, -0.25) is 14.4 Å². The SMILES string of the molecule is COc1cc(/C=C/C(=O)/C=C(O)/C=C/c2ccc(OC(C)C(N)=O)c(OC)c2)ccc1OC(C)C(N)=O. The number of ketones is 1. The van der Waals surface area contributed by atoms with E-state index in [-0.39, 0.29) is 5.76 Å². The van der Waals surface area contributed by atoms with Gasteiger partial charge in [0.2, 0.25) is 0 Å². The minimum absolute atomic E-state index is 0.266. The first-order valence-electron chi connectivity index (χ1n) is 11.1. The summed E-state index contributed by atoms with van der Waals surface area (Å²) in [5.41, 5.74) is 11.7. The molecule has 0 fully saturated rings. The number of primary amides is 2. The van der Waals surface area contributed by atoms with Gasteiger partial charge >= 0.3 is 0 Å². The molecule has 0 aromatic heterocycles. The Hall–Kier alpha value is -4.73. The van der Waals surface area contributed by atoms with Crippen molar-refractivity contribution in [3.05, 3.63) is 71.5 Å². The maximum absolute atomic E-state index is 12.2. The molecule has 5 N–H and O–H groups in total. The summed E-state index contributed by atoms with van der Waals surface area (Å²) in [4.78, 5) is 34.7. The van der Waals surface area contributed by atoms with Gasteiger partial charge in [-0.2, -0.15) is 0 Å². The molecule has 2 unspecified atom stereocenters. The summed E-state index contributed by atoms with van der Waals surface area (Å²) in [5.74, 6) is -0.544. The summed E-state index contributed by atoms with van der Waals surface area (Å²) in [7, 11) is 2.89. The van der Waals surface area contributed by atoms with E-state index < -0.39 is 29.8 Å². The van der Waals surface area contributed by atoms with Crippen LogP contribution in [0.5, 0.6) is 23.0 Å². The largest absolute Gasteiger partial charge is 0.508 e. The van der Waals surface area contributed by atoms with Crippen LogP contribution in [0, 0.1) is 0 Å². The number of hydrogen-bond acceptors (Lipinski definition) is 8. The fourth-order valence-corrected chi connectivity index (χ4v) is 2.87. The third kappa shape index (κ3) is 8.77. The van der Waals surface area contributed by atoms with E-state index in [2.05, 4.69) is 0 Å². The quantitative estimate of drug-likeness (QED) is 0.211. The Balaban J connectivity index is 2.07. The van der Waals surface area contributed by atoms with Gasteiger partial charge in [0.15, 0.2) is 41.0 Å². The van der Waals surface area contributed by atoms with Crippen molar-refractivity contribution in [3.8, 4) is 23.0 Å². The molecule has 0 spiro atoms. The maximum Gasteiger partial charge on any atom is 0.258 e. The Kier molecular flexibility index (Phi) is 10.3. The van der Waals surface area contributed by atoms with Crippen molar-refractivity contribution >= 4 is 29.7 Å². The lowest BCUT2D eigenvalue weighted by molar-refractivity contribution is -0.124. The molecule has 10 nitrogen and oxygen atoms in total. The lowest BCUT2D eigenvalue weighted by atomic mass is 10.1. The molecular weight excluding hydrogens is 480 g/mol. The molecule has 0 saturated carbocycles. The Morgan fingerprint density at radius 1 is 0.757 bits per heavy atom. The first-order chi connectivity index (χ1) is 17.5. The third-order valence-corrected chi connectivity index (χ3v) is 4.96. The predicted molar refractivity (Wildman–Crippen MR) is 138 cm³/mol. The molecule has 0 aliphatic carbocycles. The van der Waals surface area contributed by atoms with Gasteiger partial charge in [0, 0.05) is 6.08 Å². The fourth-order valence-electron chi connectivity index (χ4n) is 2.87. The Morgan fingerprint density at radius 3 is 1.59 bits per heavy atom. The van der Waals surface area contributed by atoms with E-state index in [9.17, 15) is 19.5 Å². The third-order valence-electron chi connectivity index (χ3n) is 4.96. The van der Waals surface area contributed by atoms with Crippen LogP contribution in [0.15, 0.2) is 60.4 Å². The molecule has 2 aromatic rings. The number of aliphatic hydroxyl groups is 1. The van der Waals surface area contributed by atoms with Crippen LogP contribution in [0.3, 0.4) is 0 Å². The molecule has 0 bridgehead atoms. The molecule has 2 rings (SSSR count). The standard InChI is InChI=1S/C27H30N2O8/c1-16(26(28)32)36-22-11-7-18(13-24(22)34-3)5-9-20(30)15-21(31)10-6-19-8-12-23(25(14-19)35-4)37-17(2)27(29)33/h5-17,30H,1-4H3,(H2,28,32)(H2,29,33)/b9-5+,10-6+,20-15-. The molecule has 2 atom stereocenters. The van der Waals surface area contributed by atoms with Gasteiger partial charge < -0.3 is 35.5 Å². The minimum Gasteiger partial charge on any atom is -0.508 e. The van der Waals surface area contributed by atoms with Crippen molar-refractivity contribution in [1.29, 1.82) is 0 Å². The first-order valence-corrected chi connectivity index (χ1v) is 11.1. The fraction of sp³-hybridized carbons (Fsp3) is 0.222. The van der Waals surface area contributed by atoms with Crippen molar-refractivity contribution in [2.75, 3.05) is 14.2 Å². The maximum atomic E-state index is 12.2. The Morgan fingerprint density at radius 2 is 1.19 bits per heavy atom. The number of hydrogen-bond donors (Lipinski definition) is 3. The van der Waals surface area contributed by atoms with Crippen LogP contribution in [0.25, 0.3) is 12.2 Å². The molecule has 37 heavy (non-hydrogen) atoms. The van der Waals surface area contributed by atoms with Gasteiger partial charge in [0.05, 0.1) is 14.2 Å². The van der Waals surface area contributed by atoms with Crippen LogP contribution >= 0.6 is 0 Å². The smallest absolute Gasteiger partial charge is 0.258 e. The molecule has 0 radical (unpaired) electrons. The number of nitrogens with two attached hydrogens (primary N) is 2. The molecule has 0 heterocycles. The summed E-state index contributed by atoms with van der Waals surface area (Å²) >= 11 is 0. The molecule has 2 aromatic carbocycles. The highest BCUT2D eigenvalue weighted by molar-refractivity contribution is 6.02. The predicted octanol–water partition coefficient (Wildman–Crippen LogP) is 2.95. The van der Waals surface area contributed by atoms with Crippen LogP contribution in [0.2, 0.25) is 0 Å². The second kappa shape index (κ2) is 13.4. The van der Waals surface area contributed by atoms with E-state index in [4.69, 9.17) is 30.4 Å². The zero-order valence-electron chi connectivity index (χ0n) is 21.0. The van der Waals surface area contributed by atoms with E-state index in [1.165, 1.54) is 46.3 Å². The van der Waals surface area contributed by atoms with Gasteiger partial charge in [-0.15, -0.1) is 0 Å². The summed E-state index contributed by atoms with van der Waals surface area (Å²) in [6.07, 6.45) is 5.12. The Bertz CT molecular complexity index is 1230. The molecule has 2 amide bonds. The topological polar surface area (TPSA) is 160 Å². The van der Waals surface area contributed by atoms with Gasteiger partial charge in [0.25, 0.3) is 11.8 Å². The van der Waals surface area contributed by atoms with Gasteiger partial charge in [0.1, 0.15) is 5.76 Å². The van der Waals surface area contributed by atoms with Crippen LogP contribution in [-0.2, 0) is 14.4 Å². The second-order valence-electron chi connectivity index (χ2n) is 7.78. The van der Waals surface area contributed by atoms with Crippen LogP contribution in [0.1, 0.15) is 25.0 Å². The van der Waals surface area contributed by atoms with E-state index in [0.29, 0.717) is 34.1 Å². The van der Waals surface area contributed by atoms with Crippen molar-refractivity contribution in [2.45, 2.75) is 26.1 Å². The first kappa shape index (κ1) is 28.5. The summed E-state index contributed by atoms with van der Waals surface area (Å²) in [6, 6.07) is 9.82. The van der Waals surface area contributed by atoms with E-state index in [0.717, 1.165) is 6.08 Å². The Labute approximate surface area is 214 Å². The van der Waals surface area contributed by atoms with Crippen LogP contribution < -0.4 is 30.4 Å². The molecule has 0 saturated heterocycles. The van der Waals surface area contributed by atoms with E-state index in [1.807, 2.05) is 0 Å². The molecule has 196 valence electrons. The lowest BCUT2D eigenvalue weighted by Crippen LogP contribution is -2.30. The zero-order chi connectivity index (χ0) is 27.5. The number of rotatable bonds is 13. The molecular formula is C27H30N2O8. The van der Waals surface area contributed by atoms with Gasteiger partial charge in [-0.05, 0) is 61.4 Å². The van der Waals surface area contributed by atoms with E-state index >= 15 is 0 Å². The molecule has 0 aliphatic rings. The van der Waals surface area contributed by atoms with Gasteiger partial charge in [-0.25, -0.2) is 0 Å².